The molecule has 73 heavy (non-hydrogen) atoms. The molecule has 0 aliphatic carbocycles. The van der Waals surface area contributed by atoms with Crippen molar-refractivity contribution >= 4 is 86.5 Å². The van der Waals surface area contributed by atoms with E-state index >= 15 is 0 Å². The number of nitrogens with zero attached hydrogens (tertiary/aromatic N) is 7. The fourth-order valence-corrected chi connectivity index (χ4v) is 9.69. The number of aromatic nitrogens is 6. The van der Waals surface area contributed by atoms with E-state index < -0.39 is 29.8 Å². The van der Waals surface area contributed by atoms with E-state index in [1.807, 2.05) is 36.4 Å². The molecule has 10 aromatic heterocycles. The smallest absolute Gasteiger partial charge is 0.345 e. The Bertz CT molecular complexity index is 3390. The molecule has 0 aliphatic heterocycles. The number of rotatable bonds is 11. The van der Waals surface area contributed by atoms with Crippen LogP contribution in [-0.4, -0.2) is 92.4 Å². The number of carbonyl (C=O) groups is 5. The van der Waals surface area contributed by atoms with E-state index in [0.29, 0.717) is 36.8 Å². The van der Waals surface area contributed by atoms with Crippen LogP contribution in [0.4, 0.5) is 0 Å². The third-order valence-electron chi connectivity index (χ3n) is 8.92. The average Bonchev–Trinajstić information content (AvgIpc) is 4.28. The Balaban J connectivity index is 0.000000149. The number of nitriles is 1. The van der Waals surface area contributed by atoms with Crippen LogP contribution in [0.2, 0.25) is 0 Å². The SMILES string of the molecule is COc1ncc(-c2ccc(C(=O)O)s2)cn1.N#Cc1cncc(-c2ccc(C(=O)O)s2)c1.O=C(O)c1ccc(-c2cccnc2)s1.O=C(O)c1ccc(-c2ccncc2)s1.O=C(O)c1ccc(-c2cnco2)s1. The van der Waals surface area contributed by atoms with Crippen LogP contribution in [0.15, 0.2) is 158 Å². The monoisotopic (exact) mass is 1070 g/mol. The molecule has 0 radical (unpaired) electrons. The number of oxazole rings is 1. The van der Waals surface area contributed by atoms with Gasteiger partial charge < -0.3 is 34.7 Å². The third kappa shape index (κ3) is 15.4. The van der Waals surface area contributed by atoms with Crippen LogP contribution >= 0.6 is 56.7 Å². The first-order valence-electron chi connectivity index (χ1n) is 20.3. The maximum atomic E-state index is 10.7. The molecule has 10 aromatic rings. The highest BCUT2D eigenvalue weighted by atomic mass is 32.1. The van der Waals surface area contributed by atoms with Gasteiger partial charge in [0.2, 0.25) is 0 Å². The van der Waals surface area contributed by atoms with E-state index in [-0.39, 0.29) is 4.88 Å². The summed E-state index contributed by atoms with van der Waals surface area (Å²) in [5, 5.41) is 52.4. The second-order valence-corrected chi connectivity index (χ2v) is 19.1. The Kier molecular flexibility index (Phi) is 19.1. The normalized spacial score (nSPS) is 9.97. The van der Waals surface area contributed by atoms with Crippen LogP contribution < -0.4 is 4.74 Å². The first-order chi connectivity index (χ1) is 35.2. The minimum atomic E-state index is -0.944. The molecule has 0 saturated carbocycles. The Hall–Kier alpha value is -9.12. The molecule has 0 aromatic carbocycles. The van der Waals surface area contributed by atoms with E-state index in [1.54, 1.807) is 110 Å². The largest absolute Gasteiger partial charge is 0.477 e. The van der Waals surface area contributed by atoms with E-state index in [9.17, 15) is 24.0 Å². The molecule has 0 atom stereocenters. The lowest BCUT2D eigenvalue weighted by molar-refractivity contribution is 0.0691. The van der Waals surface area contributed by atoms with Gasteiger partial charge in [-0.2, -0.15) is 5.26 Å². The van der Waals surface area contributed by atoms with Gasteiger partial charge in [0, 0.05) is 85.8 Å². The lowest BCUT2D eigenvalue weighted by atomic mass is 10.2. The number of hydrogen-bond acceptors (Lipinski definition) is 19. The maximum absolute atomic E-state index is 10.7. The second kappa shape index (κ2) is 26.2. The van der Waals surface area contributed by atoms with Crippen molar-refractivity contribution in [1.82, 2.24) is 29.9 Å². The first kappa shape index (κ1) is 53.2. The van der Waals surface area contributed by atoms with Crippen LogP contribution in [0.1, 0.15) is 53.9 Å². The molecule has 0 bridgehead atoms. The van der Waals surface area contributed by atoms with Crippen LogP contribution in [0.3, 0.4) is 0 Å². The molecule has 366 valence electrons. The number of carboxylic acid groups (broad SMARTS) is 5. The van der Waals surface area contributed by atoms with Crippen LogP contribution in [0.25, 0.3) is 52.4 Å². The van der Waals surface area contributed by atoms with Gasteiger partial charge in [-0.05, 0) is 90.5 Å². The fraction of sp³-hybridized carbons (Fsp3) is 0.0204. The van der Waals surface area contributed by atoms with Crippen molar-refractivity contribution in [2.24, 2.45) is 0 Å². The lowest BCUT2D eigenvalue weighted by Crippen LogP contribution is -1.90. The molecular weight excluding hydrogens is 1040 g/mol. The maximum Gasteiger partial charge on any atom is 0.345 e. The van der Waals surface area contributed by atoms with Crippen LogP contribution in [0, 0.1) is 11.3 Å². The topological polar surface area (TPSA) is 310 Å². The fourth-order valence-electron chi connectivity index (χ4n) is 5.56. The van der Waals surface area contributed by atoms with Gasteiger partial charge in [0.15, 0.2) is 12.2 Å². The Morgan fingerprint density at radius 2 is 0.932 bits per heavy atom. The summed E-state index contributed by atoms with van der Waals surface area (Å²) in [5.74, 6) is -3.96. The molecule has 24 heteroatoms. The first-order valence-corrected chi connectivity index (χ1v) is 24.4. The van der Waals surface area contributed by atoms with Gasteiger partial charge in [0.25, 0.3) is 0 Å². The van der Waals surface area contributed by atoms with Gasteiger partial charge >= 0.3 is 35.9 Å². The zero-order chi connectivity index (χ0) is 52.3. The van der Waals surface area contributed by atoms with Crippen molar-refractivity contribution in [3.63, 3.8) is 0 Å². The number of ether oxygens (including phenoxy) is 1. The number of carboxylic acids is 5. The van der Waals surface area contributed by atoms with Gasteiger partial charge in [0.05, 0.1) is 23.7 Å². The Labute approximate surface area is 432 Å². The number of methoxy groups -OCH3 is 1. The number of aromatic carboxylic acids is 5. The van der Waals surface area contributed by atoms with E-state index in [1.165, 1.54) is 65.0 Å². The lowest BCUT2D eigenvalue weighted by Gasteiger charge is -1.98. The second-order valence-electron chi connectivity index (χ2n) is 13.7. The molecule has 5 N–H and O–H groups in total. The number of hydrogen-bond donors (Lipinski definition) is 5. The van der Waals surface area contributed by atoms with E-state index in [0.717, 1.165) is 58.0 Å². The zero-order valence-corrected chi connectivity index (χ0v) is 41.3. The highest BCUT2D eigenvalue weighted by Gasteiger charge is 2.13. The summed E-state index contributed by atoms with van der Waals surface area (Å²) in [5.41, 5.74) is 3.94. The van der Waals surface area contributed by atoms with Gasteiger partial charge in [-0.25, -0.2) is 38.9 Å². The third-order valence-corrected chi connectivity index (χ3v) is 14.5. The minimum Gasteiger partial charge on any atom is -0.477 e. The zero-order valence-electron chi connectivity index (χ0n) is 37.2. The predicted octanol–water partition coefficient (Wildman–Crippen LogP) is 11.4. The standard InChI is InChI=1S/C11H6N2O2S.C10H8N2O3S.2C10H7NO2S.C8H5NO3S/c12-4-7-3-8(6-13-5-7)9-1-2-10(16-9)11(14)15;1-15-10-11-4-6(5-12-10)7-2-3-8(16-7)9(13)14;12-10(13)9-2-1-8(14-9)7-3-5-11-6-4-7;12-10(13)9-4-3-8(14-9)7-2-1-5-11-6-7;10-8(11)7-2-1-6(13-7)5-3-9-4-12-5/h1-3,5-6H,(H,14,15);2-5H,1H3,(H,13,14);2*1-6H,(H,12,13);1-4H,(H,10,11). The molecule has 10 heterocycles. The van der Waals surface area contributed by atoms with Crippen molar-refractivity contribution in [2.45, 2.75) is 0 Å². The van der Waals surface area contributed by atoms with Gasteiger partial charge in [-0.15, -0.1) is 56.7 Å². The summed E-state index contributed by atoms with van der Waals surface area (Å²) in [7, 11) is 1.49. The van der Waals surface area contributed by atoms with Crippen molar-refractivity contribution in [2.75, 3.05) is 7.11 Å². The van der Waals surface area contributed by atoms with Crippen LogP contribution in [-0.2, 0) is 0 Å². The molecule has 0 saturated heterocycles. The predicted molar refractivity (Wildman–Crippen MR) is 274 cm³/mol. The average molecular weight is 1070 g/mol. The number of pyridine rings is 3. The minimum absolute atomic E-state index is 0.275. The van der Waals surface area contributed by atoms with Crippen molar-refractivity contribution in [1.29, 1.82) is 5.26 Å². The van der Waals surface area contributed by atoms with Gasteiger partial charge in [-0.3, -0.25) is 15.0 Å². The molecule has 0 unspecified atom stereocenters. The summed E-state index contributed by atoms with van der Waals surface area (Å²) in [6.07, 6.45) is 15.9. The van der Waals surface area contributed by atoms with E-state index in [2.05, 4.69) is 29.9 Å². The summed E-state index contributed by atoms with van der Waals surface area (Å²) in [6.45, 7) is 0. The Morgan fingerprint density at radius 1 is 0.479 bits per heavy atom. The molecule has 19 nitrogen and oxygen atoms in total. The van der Waals surface area contributed by atoms with E-state index in [4.69, 9.17) is 39.9 Å². The molecule has 0 amide bonds. The summed E-state index contributed by atoms with van der Waals surface area (Å²) in [6, 6.07) is 28.1. The Morgan fingerprint density at radius 3 is 1.36 bits per heavy atom. The van der Waals surface area contributed by atoms with Crippen molar-refractivity contribution < 1.29 is 58.7 Å². The molecule has 0 fully saturated rings. The summed E-state index contributed by atoms with van der Waals surface area (Å²) < 4.78 is 9.85. The highest BCUT2D eigenvalue weighted by molar-refractivity contribution is 7.18. The van der Waals surface area contributed by atoms with Crippen molar-refractivity contribution in [3.05, 3.63) is 183 Å². The molecule has 0 spiro atoms. The molecular formula is C49H33N7O12S5. The van der Waals surface area contributed by atoms with Crippen LogP contribution in [0.5, 0.6) is 6.01 Å². The molecule has 0 aliphatic rings. The summed E-state index contributed by atoms with van der Waals surface area (Å²) in [4.78, 5) is 82.5. The quantitative estimate of drug-likeness (QED) is 0.0803. The molecule has 10 rings (SSSR count). The highest BCUT2D eigenvalue weighted by Crippen LogP contribution is 2.31. The van der Waals surface area contributed by atoms with Gasteiger partial charge in [-0.1, -0.05) is 6.07 Å². The van der Waals surface area contributed by atoms with Gasteiger partial charge in [0.1, 0.15) is 30.5 Å². The number of thiophene rings is 5. The van der Waals surface area contributed by atoms with Crippen molar-refractivity contribution in [3.8, 4) is 64.5 Å². The summed E-state index contributed by atoms with van der Waals surface area (Å²) >= 11 is 6.04.